The second kappa shape index (κ2) is 9.56. The van der Waals surface area contributed by atoms with Crippen molar-refractivity contribution in [1.29, 1.82) is 0 Å². The Morgan fingerprint density at radius 3 is 2.45 bits per heavy atom. The number of rotatable bonds is 8. The van der Waals surface area contributed by atoms with Gasteiger partial charge in [0.1, 0.15) is 0 Å². The van der Waals surface area contributed by atoms with Gasteiger partial charge >= 0.3 is 6.09 Å². The van der Waals surface area contributed by atoms with Crippen LogP contribution in [0.1, 0.15) is 45.4 Å². The molecule has 1 atom stereocenters. The van der Waals surface area contributed by atoms with E-state index >= 15 is 0 Å². The van der Waals surface area contributed by atoms with Gasteiger partial charge in [0.05, 0.1) is 6.61 Å². The molecule has 1 aliphatic rings. The van der Waals surface area contributed by atoms with E-state index in [0.717, 1.165) is 18.4 Å². The van der Waals surface area contributed by atoms with Crippen LogP contribution in [-0.2, 0) is 4.74 Å². The van der Waals surface area contributed by atoms with Gasteiger partial charge in [0.25, 0.3) is 0 Å². The van der Waals surface area contributed by atoms with Crippen molar-refractivity contribution >= 4 is 14.2 Å². The highest BCUT2D eigenvalue weighted by molar-refractivity contribution is 6.76. The van der Waals surface area contributed by atoms with Crippen molar-refractivity contribution in [2.24, 2.45) is 11.7 Å². The van der Waals surface area contributed by atoms with Crippen molar-refractivity contribution in [3.8, 4) is 0 Å². The zero-order valence-electron chi connectivity index (χ0n) is 15.1. The fourth-order valence-electron chi connectivity index (χ4n) is 3.08. The van der Waals surface area contributed by atoms with E-state index in [0.29, 0.717) is 19.7 Å². The Hall–Kier alpha value is -0.553. The van der Waals surface area contributed by atoms with Crippen molar-refractivity contribution in [2.45, 2.75) is 77.2 Å². The highest BCUT2D eigenvalue weighted by Gasteiger charge is 2.21. The minimum absolute atomic E-state index is 0.0765. The van der Waals surface area contributed by atoms with Crippen molar-refractivity contribution in [3.63, 3.8) is 0 Å². The molecule has 0 aromatic rings. The largest absolute Gasteiger partial charge is 0.450 e. The molecule has 0 spiro atoms. The predicted molar refractivity (Wildman–Crippen MR) is 95.9 cm³/mol. The van der Waals surface area contributed by atoms with E-state index in [1.165, 1.54) is 32.1 Å². The maximum atomic E-state index is 12.2. The molecule has 0 unspecified atom stereocenters. The predicted octanol–water partition coefficient (Wildman–Crippen LogP) is 4.08. The number of hydrogen-bond donors (Lipinski definition) is 1. The maximum absolute atomic E-state index is 12.2. The van der Waals surface area contributed by atoms with E-state index in [-0.39, 0.29) is 12.1 Å². The van der Waals surface area contributed by atoms with Gasteiger partial charge < -0.3 is 15.4 Å². The lowest BCUT2D eigenvalue weighted by Crippen LogP contribution is -2.42. The number of ether oxygens (including phenoxy) is 1. The molecule has 5 heteroatoms. The summed E-state index contributed by atoms with van der Waals surface area (Å²) in [5.41, 5.74) is 6.27. The summed E-state index contributed by atoms with van der Waals surface area (Å²) < 4.78 is 5.43. The SMILES string of the molecule is CCN(C[C@@H](N)CC1CCCCC1)C(=O)OCC[Si](C)(C)C. The van der Waals surface area contributed by atoms with Gasteiger partial charge in [-0.25, -0.2) is 4.79 Å². The van der Waals surface area contributed by atoms with Crippen molar-refractivity contribution in [2.75, 3.05) is 19.7 Å². The lowest BCUT2D eigenvalue weighted by atomic mass is 9.85. The summed E-state index contributed by atoms with van der Waals surface area (Å²) in [5, 5.41) is 0. The lowest BCUT2D eigenvalue weighted by Gasteiger charge is -2.28. The number of nitrogens with zero attached hydrogens (tertiary/aromatic N) is 1. The van der Waals surface area contributed by atoms with Crippen molar-refractivity contribution < 1.29 is 9.53 Å². The van der Waals surface area contributed by atoms with E-state index in [4.69, 9.17) is 10.5 Å². The highest BCUT2D eigenvalue weighted by atomic mass is 28.3. The van der Waals surface area contributed by atoms with Gasteiger partial charge in [-0.3, -0.25) is 0 Å². The van der Waals surface area contributed by atoms with Gasteiger partial charge in [-0.15, -0.1) is 0 Å². The molecule has 2 N–H and O–H groups in total. The molecule has 1 aliphatic carbocycles. The molecule has 1 fully saturated rings. The van der Waals surface area contributed by atoms with Crippen molar-refractivity contribution in [1.82, 2.24) is 4.90 Å². The normalized spacial score (nSPS) is 18.0. The number of amides is 1. The molecule has 4 nitrogen and oxygen atoms in total. The van der Waals surface area contributed by atoms with Crippen LogP contribution in [0.25, 0.3) is 0 Å². The van der Waals surface area contributed by atoms with E-state index in [9.17, 15) is 4.79 Å². The maximum Gasteiger partial charge on any atom is 0.409 e. The standard InChI is InChI=1S/C17H36N2O2Si/c1-5-19(17(20)21-11-12-22(2,3)4)14-16(18)13-15-9-7-6-8-10-15/h15-16H,5-14,18H2,1-4H3/t16-/m0/s1. The minimum Gasteiger partial charge on any atom is -0.450 e. The molecule has 0 saturated heterocycles. The first-order chi connectivity index (χ1) is 10.3. The monoisotopic (exact) mass is 328 g/mol. The van der Waals surface area contributed by atoms with Crippen LogP contribution in [0.2, 0.25) is 25.7 Å². The Kier molecular flexibility index (Phi) is 8.47. The summed E-state index contributed by atoms with van der Waals surface area (Å²) in [4.78, 5) is 13.9. The van der Waals surface area contributed by atoms with Crippen LogP contribution in [0.15, 0.2) is 0 Å². The van der Waals surface area contributed by atoms with Crippen LogP contribution in [0.3, 0.4) is 0 Å². The number of likely N-dealkylation sites (N-methyl/N-ethyl adjacent to an activating group) is 1. The first-order valence-corrected chi connectivity index (χ1v) is 12.7. The van der Waals surface area contributed by atoms with Crippen LogP contribution in [0.4, 0.5) is 4.79 Å². The fraction of sp³-hybridized carbons (Fsp3) is 0.941. The molecule has 0 heterocycles. The summed E-state index contributed by atoms with van der Waals surface area (Å²) in [6.45, 7) is 10.7. The minimum atomic E-state index is -1.15. The van der Waals surface area contributed by atoms with Crippen LogP contribution < -0.4 is 5.73 Å². The summed E-state index contributed by atoms with van der Waals surface area (Å²) in [6.07, 6.45) is 7.51. The van der Waals surface area contributed by atoms with Crippen LogP contribution >= 0.6 is 0 Å². The Bertz CT molecular complexity index is 325. The molecule has 0 aromatic heterocycles. The third-order valence-electron chi connectivity index (χ3n) is 4.53. The van der Waals surface area contributed by atoms with Crippen LogP contribution in [0, 0.1) is 5.92 Å². The van der Waals surface area contributed by atoms with E-state index in [1.807, 2.05) is 6.92 Å². The fourth-order valence-corrected chi connectivity index (χ4v) is 3.79. The molecule has 1 saturated carbocycles. The Balaban J connectivity index is 2.31. The van der Waals surface area contributed by atoms with Crippen LogP contribution in [-0.4, -0.2) is 44.8 Å². The summed E-state index contributed by atoms with van der Waals surface area (Å²) >= 11 is 0. The molecule has 22 heavy (non-hydrogen) atoms. The molecule has 0 aromatic carbocycles. The summed E-state index contributed by atoms with van der Waals surface area (Å²) in [7, 11) is -1.15. The van der Waals surface area contributed by atoms with Gasteiger partial charge in [-0.1, -0.05) is 51.7 Å². The molecule has 0 radical (unpaired) electrons. The molecule has 1 amide bonds. The Morgan fingerprint density at radius 1 is 1.27 bits per heavy atom. The van der Waals surface area contributed by atoms with Gasteiger partial charge in [-0.2, -0.15) is 0 Å². The number of carbonyl (C=O) groups excluding carboxylic acids is 1. The molecular weight excluding hydrogens is 292 g/mol. The number of nitrogens with two attached hydrogens (primary N) is 1. The first kappa shape index (κ1) is 19.5. The highest BCUT2D eigenvalue weighted by Crippen LogP contribution is 2.27. The number of hydrogen-bond acceptors (Lipinski definition) is 3. The quantitative estimate of drug-likeness (QED) is 0.683. The molecule has 130 valence electrons. The second-order valence-corrected chi connectivity index (χ2v) is 13.6. The average molecular weight is 329 g/mol. The first-order valence-electron chi connectivity index (χ1n) is 8.99. The average Bonchev–Trinajstić information content (AvgIpc) is 2.44. The summed E-state index contributed by atoms with van der Waals surface area (Å²) in [6, 6.07) is 1.09. The third kappa shape index (κ3) is 8.18. The van der Waals surface area contributed by atoms with Crippen molar-refractivity contribution in [3.05, 3.63) is 0 Å². The smallest absolute Gasteiger partial charge is 0.409 e. The van der Waals surface area contributed by atoms with Gasteiger partial charge in [-0.05, 0) is 25.3 Å². The third-order valence-corrected chi connectivity index (χ3v) is 6.24. The Labute approximate surface area is 137 Å². The summed E-state index contributed by atoms with van der Waals surface area (Å²) in [5.74, 6) is 0.755. The van der Waals surface area contributed by atoms with Gasteiger partial charge in [0.2, 0.25) is 0 Å². The molecule has 1 rings (SSSR count). The zero-order chi connectivity index (χ0) is 16.6. The van der Waals surface area contributed by atoms with E-state index in [1.54, 1.807) is 4.90 Å². The zero-order valence-corrected chi connectivity index (χ0v) is 16.1. The molecule has 0 aliphatic heterocycles. The lowest BCUT2D eigenvalue weighted by molar-refractivity contribution is 0.105. The Morgan fingerprint density at radius 2 is 1.91 bits per heavy atom. The topological polar surface area (TPSA) is 55.6 Å². The molecule has 0 bridgehead atoms. The van der Waals surface area contributed by atoms with E-state index in [2.05, 4.69) is 19.6 Å². The second-order valence-electron chi connectivity index (χ2n) is 7.96. The molecular formula is C17H36N2O2Si. The number of carbonyl (C=O) groups is 1. The van der Waals surface area contributed by atoms with Gasteiger partial charge in [0.15, 0.2) is 0 Å². The van der Waals surface area contributed by atoms with Gasteiger partial charge in [0, 0.05) is 27.2 Å². The van der Waals surface area contributed by atoms with E-state index < -0.39 is 8.07 Å². The van der Waals surface area contributed by atoms with Crippen LogP contribution in [0.5, 0.6) is 0 Å².